The molecule has 0 atom stereocenters. The molecule has 0 heterocycles. The average molecular weight is 260 g/mol. The van der Waals surface area contributed by atoms with Crippen molar-refractivity contribution in [2.75, 3.05) is 7.11 Å². The van der Waals surface area contributed by atoms with Gasteiger partial charge in [0.25, 0.3) is 0 Å². The van der Waals surface area contributed by atoms with E-state index in [1.807, 2.05) is 0 Å². The zero-order valence-electron chi connectivity index (χ0n) is 10.6. The maximum Gasteiger partial charge on any atom is 0.335 e. The van der Waals surface area contributed by atoms with E-state index in [0.29, 0.717) is 22.4 Å². The fraction of sp³-hybridized carbons (Fsp3) is 0.133. The van der Waals surface area contributed by atoms with Crippen LogP contribution in [0.4, 0.5) is 4.39 Å². The number of hydrogen-bond donors (Lipinski definition) is 1. The second kappa shape index (κ2) is 5.10. The predicted octanol–water partition coefficient (Wildman–Crippen LogP) is 3.51. The highest BCUT2D eigenvalue weighted by molar-refractivity contribution is 5.89. The number of benzene rings is 2. The molecule has 0 aliphatic rings. The SMILES string of the molecule is COc1ccc(F)c(-c2ccc(C(=O)O)cc2C)c1. The van der Waals surface area contributed by atoms with Crippen LogP contribution in [0.1, 0.15) is 15.9 Å². The first-order valence-electron chi connectivity index (χ1n) is 5.71. The maximum atomic E-state index is 13.9. The molecule has 0 aliphatic carbocycles. The molecule has 3 nitrogen and oxygen atoms in total. The molecule has 2 aromatic carbocycles. The van der Waals surface area contributed by atoms with E-state index in [9.17, 15) is 9.18 Å². The highest BCUT2D eigenvalue weighted by Gasteiger charge is 2.11. The van der Waals surface area contributed by atoms with Crippen LogP contribution in [0.15, 0.2) is 36.4 Å². The Morgan fingerprint density at radius 1 is 1.16 bits per heavy atom. The number of ether oxygens (including phenoxy) is 1. The van der Waals surface area contributed by atoms with Gasteiger partial charge in [0.05, 0.1) is 12.7 Å². The number of rotatable bonds is 3. The molecule has 0 saturated carbocycles. The Kier molecular flexibility index (Phi) is 3.51. The predicted molar refractivity (Wildman–Crippen MR) is 70.1 cm³/mol. The smallest absolute Gasteiger partial charge is 0.335 e. The van der Waals surface area contributed by atoms with Crippen LogP contribution in [0.25, 0.3) is 11.1 Å². The molecule has 0 saturated heterocycles. The second-order valence-electron chi connectivity index (χ2n) is 4.18. The number of halogens is 1. The Labute approximate surface area is 110 Å². The largest absolute Gasteiger partial charge is 0.497 e. The van der Waals surface area contributed by atoms with E-state index in [1.54, 1.807) is 25.1 Å². The molecule has 2 aromatic rings. The van der Waals surface area contributed by atoms with Crippen LogP contribution in [0, 0.1) is 12.7 Å². The molecule has 19 heavy (non-hydrogen) atoms. The zero-order valence-corrected chi connectivity index (χ0v) is 10.6. The van der Waals surface area contributed by atoms with Gasteiger partial charge in [-0.1, -0.05) is 6.07 Å². The van der Waals surface area contributed by atoms with Crippen molar-refractivity contribution in [3.8, 4) is 16.9 Å². The third-order valence-corrected chi connectivity index (χ3v) is 2.94. The van der Waals surface area contributed by atoms with Gasteiger partial charge < -0.3 is 9.84 Å². The summed E-state index contributed by atoms with van der Waals surface area (Å²) in [7, 11) is 1.51. The third kappa shape index (κ3) is 2.57. The molecule has 0 unspecified atom stereocenters. The van der Waals surface area contributed by atoms with Crippen LogP contribution in [0.5, 0.6) is 5.75 Å². The lowest BCUT2D eigenvalue weighted by molar-refractivity contribution is 0.0697. The lowest BCUT2D eigenvalue weighted by Crippen LogP contribution is -1.98. The van der Waals surface area contributed by atoms with Crippen molar-refractivity contribution in [3.63, 3.8) is 0 Å². The van der Waals surface area contributed by atoms with Gasteiger partial charge in [-0.2, -0.15) is 0 Å². The summed E-state index contributed by atoms with van der Waals surface area (Å²) in [6, 6.07) is 9.06. The molecule has 98 valence electrons. The number of methoxy groups -OCH3 is 1. The Balaban J connectivity index is 2.56. The number of carboxylic acids is 1. The van der Waals surface area contributed by atoms with E-state index in [2.05, 4.69) is 0 Å². The highest BCUT2D eigenvalue weighted by Crippen LogP contribution is 2.30. The van der Waals surface area contributed by atoms with Crippen LogP contribution in [-0.2, 0) is 0 Å². The van der Waals surface area contributed by atoms with Crippen molar-refractivity contribution in [1.82, 2.24) is 0 Å². The average Bonchev–Trinajstić information content (AvgIpc) is 2.39. The van der Waals surface area contributed by atoms with E-state index in [-0.39, 0.29) is 11.4 Å². The van der Waals surface area contributed by atoms with Crippen molar-refractivity contribution in [1.29, 1.82) is 0 Å². The van der Waals surface area contributed by atoms with Gasteiger partial charge in [0.1, 0.15) is 11.6 Å². The topological polar surface area (TPSA) is 46.5 Å². The molecule has 0 spiro atoms. The first-order valence-corrected chi connectivity index (χ1v) is 5.71. The number of aryl methyl sites for hydroxylation is 1. The van der Waals surface area contributed by atoms with Gasteiger partial charge in [-0.25, -0.2) is 9.18 Å². The molecular weight excluding hydrogens is 247 g/mol. The summed E-state index contributed by atoms with van der Waals surface area (Å²) in [5.74, 6) is -0.814. The molecular formula is C15H13FO3. The monoisotopic (exact) mass is 260 g/mol. The zero-order chi connectivity index (χ0) is 14.0. The molecule has 0 radical (unpaired) electrons. The summed E-state index contributed by atoms with van der Waals surface area (Å²) in [6.07, 6.45) is 0. The lowest BCUT2D eigenvalue weighted by atomic mass is 9.98. The second-order valence-corrected chi connectivity index (χ2v) is 4.18. The van der Waals surface area contributed by atoms with Crippen molar-refractivity contribution >= 4 is 5.97 Å². The molecule has 0 aliphatic heterocycles. The van der Waals surface area contributed by atoms with Crippen LogP contribution in [0.2, 0.25) is 0 Å². The first kappa shape index (κ1) is 13.1. The standard InChI is InChI=1S/C15H13FO3/c1-9-7-10(15(17)18)3-5-12(9)13-8-11(19-2)4-6-14(13)16/h3-8H,1-2H3,(H,17,18). The van der Waals surface area contributed by atoms with Crippen LogP contribution in [-0.4, -0.2) is 18.2 Å². The number of carboxylic acid groups (broad SMARTS) is 1. The summed E-state index contributed by atoms with van der Waals surface area (Å²) in [6.45, 7) is 1.75. The Bertz CT molecular complexity index is 635. The van der Waals surface area contributed by atoms with Gasteiger partial charge in [-0.05, 0) is 48.4 Å². The van der Waals surface area contributed by atoms with Crippen LogP contribution < -0.4 is 4.74 Å². The fourth-order valence-electron chi connectivity index (χ4n) is 1.94. The molecule has 1 N–H and O–H groups in total. The molecule has 4 heteroatoms. The first-order chi connectivity index (χ1) is 9.02. The van der Waals surface area contributed by atoms with Gasteiger partial charge in [0.2, 0.25) is 0 Å². The normalized spacial score (nSPS) is 10.3. The number of hydrogen-bond acceptors (Lipinski definition) is 2. The molecule has 0 fully saturated rings. The molecule has 0 amide bonds. The van der Waals surface area contributed by atoms with Gasteiger partial charge in [-0.3, -0.25) is 0 Å². The van der Waals surface area contributed by atoms with E-state index in [0.717, 1.165) is 0 Å². The van der Waals surface area contributed by atoms with E-state index >= 15 is 0 Å². The van der Waals surface area contributed by atoms with Gasteiger partial charge >= 0.3 is 5.97 Å². The highest BCUT2D eigenvalue weighted by atomic mass is 19.1. The molecule has 0 bridgehead atoms. The summed E-state index contributed by atoms with van der Waals surface area (Å²) < 4.78 is 18.9. The fourth-order valence-corrected chi connectivity index (χ4v) is 1.94. The van der Waals surface area contributed by atoms with Gasteiger partial charge in [-0.15, -0.1) is 0 Å². The van der Waals surface area contributed by atoms with E-state index in [4.69, 9.17) is 9.84 Å². The summed E-state index contributed by atoms with van der Waals surface area (Å²) in [5.41, 5.74) is 1.94. The molecule has 0 aromatic heterocycles. The van der Waals surface area contributed by atoms with Gasteiger partial charge in [0.15, 0.2) is 0 Å². The minimum absolute atomic E-state index is 0.185. The van der Waals surface area contributed by atoms with E-state index in [1.165, 1.54) is 25.3 Å². The minimum atomic E-state index is -0.999. The lowest BCUT2D eigenvalue weighted by Gasteiger charge is -2.10. The summed E-state index contributed by atoms with van der Waals surface area (Å²) in [5, 5.41) is 8.91. The summed E-state index contributed by atoms with van der Waals surface area (Å²) in [4.78, 5) is 10.9. The quantitative estimate of drug-likeness (QED) is 0.918. The van der Waals surface area contributed by atoms with Crippen molar-refractivity contribution < 1.29 is 19.0 Å². The number of carbonyl (C=O) groups is 1. The maximum absolute atomic E-state index is 13.9. The van der Waals surface area contributed by atoms with Crippen molar-refractivity contribution in [2.45, 2.75) is 6.92 Å². The Hall–Kier alpha value is -2.36. The van der Waals surface area contributed by atoms with Crippen molar-refractivity contribution in [3.05, 3.63) is 53.3 Å². The van der Waals surface area contributed by atoms with Crippen LogP contribution in [0.3, 0.4) is 0 Å². The summed E-state index contributed by atoms with van der Waals surface area (Å²) >= 11 is 0. The van der Waals surface area contributed by atoms with Crippen molar-refractivity contribution in [2.24, 2.45) is 0 Å². The third-order valence-electron chi connectivity index (χ3n) is 2.94. The van der Waals surface area contributed by atoms with E-state index < -0.39 is 5.97 Å². The molecule has 2 rings (SSSR count). The minimum Gasteiger partial charge on any atom is -0.497 e. The van der Waals surface area contributed by atoms with Crippen LogP contribution >= 0.6 is 0 Å². The number of aromatic carboxylic acids is 1. The Morgan fingerprint density at radius 3 is 2.47 bits per heavy atom. The van der Waals surface area contributed by atoms with Gasteiger partial charge in [0, 0.05) is 5.56 Å². The Morgan fingerprint density at radius 2 is 1.89 bits per heavy atom.